The molecule has 0 amide bonds. The average Bonchev–Trinajstić information content (AvgIpc) is 3.24. The molecule has 2 aliphatic rings. The van der Waals surface area contributed by atoms with Crippen LogP contribution in [0.4, 0.5) is 10.8 Å². The highest BCUT2D eigenvalue weighted by Gasteiger charge is 2.31. The van der Waals surface area contributed by atoms with Gasteiger partial charge in [-0.05, 0) is 60.7 Å². The first-order chi connectivity index (χ1) is 9.83. The van der Waals surface area contributed by atoms with Gasteiger partial charge in [-0.25, -0.2) is 0 Å². The highest BCUT2D eigenvalue weighted by Crippen LogP contribution is 2.48. The van der Waals surface area contributed by atoms with Gasteiger partial charge in [-0.15, -0.1) is 0 Å². The van der Waals surface area contributed by atoms with Crippen LogP contribution < -0.4 is 11.1 Å². The highest BCUT2D eigenvalue weighted by molar-refractivity contribution is 7.10. The zero-order valence-electron chi connectivity index (χ0n) is 11.4. The predicted octanol–water partition coefficient (Wildman–Crippen LogP) is 4.09. The van der Waals surface area contributed by atoms with E-state index in [-0.39, 0.29) is 0 Å². The van der Waals surface area contributed by atoms with Crippen LogP contribution in [-0.2, 0) is 6.42 Å². The van der Waals surface area contributed by atoms with E-state index in [0.717, 1.165) is 5.82 Å². The van der Waals surface area contributed by atoms with Crippen LogP contribution in [0.25, 0.3) is 0 Å². The van der Waals surface area contributed by atoms with Gasteiger partial charge >= 0.3 is 0 Å². The molecule has 2 aliphatic carbocycles. The lowest BCUT2D eigenvalue weighted by molar-refractivity contribution is 0.601. The summed E-state index contributed by atoms with van der Waals surface area (Å²) in [6.45, 7) is 0. The molecular formula is C16H19N3S. The van der Waals surface area contributed by atoms with Gasteiger partial charge in [0.15, 0.2) is 0 Å². The van der Waals surface area contributed by atoms with E-state index in [9.17, 15) is 0 Å². The number of nitrogens with one attached hydrogen (secondary N) is 1. The number of fused-ring (bicyclic) bond motifs is 1. The van der Waals surface area contributed by atoms with Crippen LogP contribution in [-0.4, -0.2) is 4.37 Å². The Morgan fingerprint density at radius 2 is 2.05 bits per heavy atom. The van der Waals surface area contributed by atoms with Gasteiger partial charge in [0.1, 0.15) is 10.8 Å². The minimum atomic E-state index is 0.414. The number of benzene rings is 1. The number of nitrogens with two attached hydrogens (primary N) is 1. The third-order valence-corrected chi connectivity index (χ3v) is 5.22. The topological polar surface area (TPSA) is 50.9 Å². The monoisotopic (exact) mass is 285 g/mol. The van der Waals surface area contributed by atoms with Crippen molar-refractivity contribution in [3.05, 3.63) is 41.0 Å². The molecule has 3 nitrogen and oxygen atoms in total. The van der Waals surface area contributed by atoms with Crippen molar-refractivity contribution in [2.75, 3.05) is 11.1 Å². The molecule has 1 heterocycles. The molecule has 1 aromatic carbocycles. The SMILES string of the molecule is Nc1nsc(NC2CCCc3ccccc32)c1C1CC1. The number of nitrogen functional groups attached to an aromatic ring is 1. The standard InChI is InChI=1S/C16H19N3S/c17-15-14(11-8-9-11)16(20-19-15)18-13-7-3-5-10-4-1-2-6-12(10)13/h1-2,4,6,11,13,18H,3,5,7-9H2,(H2,17,19). The molecule has 1 fully saturated rings. The van der Waals surface area contributed by atoms with Crippen molar-refractivity contribution in [2.45, 2.75) is 44.1 Å². The Kier molecular flexibility index (Phi) is 2.91. The summed E-state index contributed by atoms with van der Waals surface area (Å²) < 4.78 is 4.36. The Bertz CT molecular complexity index is 630. The number of rotatable bonds is 3. The summed E-state index contributed by atoms with van der Waals surface area (Å²) in [6.07, 6.45) is 6.17. The van der Waals surface area contributed by atoms with Crippen LogP contribution in [0.2, 0.25) is 0 Å². The summed E-state index contributed by atoms with van der Waals surface area (Å²) in [5.41, 5.74) is 10.3. The van der Waals surface area contributed by atoms with Crippen molar-refractivity contribution < 1.29 is 0 Å². The Morgan fingerprint density at radius 3 is 2.90 bits per heavy atom. The van der Waals surface area contributed by atoms with Gasteiger partial charge in [0.05, 0.1) is 6.04 Å². The zero-order chi connectivity index (χ0) is 13.5. The summed E-state index contributed by atoms with van der Waals surface area (Å²) in [5, 5.41) is 4.92. The fourth-order valence-corrected chi connectivity index (χ4v) is 4.09. The molecule has 1 atom stereocenters. The largest absolute Gasteiger partial charge is 0.383 e. The second-order valence-electron chi connectivity index (χ2n) is 5.87. The minimum absolute atomic E-state index is 0.414. The molecule has 104 valence electrons. The van der Waals surface area contributed by atoms with Crippen LogP contribution in [0.3, 0.4) is 0 Å². The van der Waals surface area contributed by atoms with Crippen LogP contribution >= 0.6 is 11.5 Å². The van der Waals surface area contributed by atoms with Gasteiger partial charge in [-0.3, -0.25) is 0 Å². The van der Waals surface area contributed by atoms with Gasteiger partial charge in [-0.2, -0.15) is 4.37 Å². The first kappa shape index (κ1) is 12.2. The molecule has 20 heavy (non-hydrogen) atoms. The van der Waals surface area contributed by atoms with E-state index in [0.29, 0.717) is 12.0 Å². The highest BCUT2D eigenvalue weighted by atomic mass is 32.1. The molecule has 1 saturated carbocycles. The molecule has 1 aromatic heterocycles. The van der Waals surface area contributed by atoms with Crippen LogP contribution in [0.15, 0.2) is 24.3 Å². The lowest BCUT2D eigenvalue weighted by atomic mass is 9.88. The van der Waals surface area contributed by atoms with Crippen molar-refractivity contribution in [3.63, 3.8) is 0 Å². The summed E-state index contributed by atoms with van der Waals surface area (Å²) in [7, 11) is 0. The molecule has 3 N–H and O–H groups in total. The van der Waals surface area contributed by atoms with Crippen molar-refractivity contribution in [1.82, 2.24) is 4.37 Å². The van der Waals surface area contributed by atoms with E-state index in [2.05, 4.69) is 34.0 Å². The van der Waals surface area contributed by atoms with E-state index in [4.69, 9.17) is 5.73 Å². The van der Waals surface area contributed by atoms with Crippen molar-refractivity contribution >= 4 is 22.4 Å². The summed E-state index contributed by atoms with van der Waals surface area (Å²) in [6, 6.07) is 9.21. The molecule has 0 bridgehead atoms. The van der Waals surface area contributed by atoms with Crippen LogP contribution in [0.5, 0.6) is 0 Å². The summed E-state index contributed by atoms with van der Waals surface area (Å²) in [5.74, 6) is 1.39. The Hall–Kier alpha value is -1.55. The van der Waals surface area contributed by atoms with E-state index >= 15 is 0 Å². The maximum Gasteiger partial charge on any atom is 0.142 e. The fourth-order valence-electron chi connectivity index (χ4n) is 3.24. The third kappa shape index (κ3) is 2.08. The third-order valence-electron chi connectivity index (χ3n) is 4.42. The van der Waals surface area contributed by atoms with E-state index < -0.39 is 0 Å². The number of aryl methyl sites for hydroxylation is 1. The number of hydrogen-bond acceptors (Lipinski definition) is 4. The van der Waals surface area contributed by atoms with E-state index in [1.54, 1.807) is 0 Å². The van der Waals surface area contributed by atoms with Crippen LogP contribution in [0, 0.1) is 0 Å². The van der Waals surface area contributed by atoms with Crippen molar-refractivity contribution in [2.24, 2.45) is 0 Å². The normalized spacial score (nSPS) is 21.5. The number of hydrogen-bond donors (Lipinski definition) is 2. The second kappa shape index (κ2) is 4.77. The molecule has 1 unspecified atom stereocenters. The summed E-state index contributed by atoms with van der Waals surface area (Å²) in [4.78, 5) is 0. The van der Waals surface area contributed by atoms with Crippen molar-refractivity contribution in [1.29, 1.82) is 0 Å². The number of aromatic nitrogens is 1. The maximum atomic E-state index is 6.04. The van der Waals surface area contributed by atoms with Gasteiger partial charge in [0.25, 0.3) is 0 Å². The molecule has 2 aromatic rings. The van der Waals surface area contributed by atoms with E-state index in [1.807, 2.05) is 0 Å². The molecule has 4 heteroatoms. The molecule has 0 spiro atoms. The van der Waals surface area contributed by atoms with E-state index in [1.165, 1.54) is 65.3 Å². The summed E-state index contributed by atoms with van der Waals surface area (Å²) >= 11 is 1.53. The average molecular weight is 285 g/mol. The van der Waals surface area contributed by atoms with Gasteiger partial charge in [0, 0.05) is 5.56 Å². The maximum absolute atomic E-state index is 6.04. The first-order valence-electron chi connectivity index (χ1n) is 7.42. The Morgan fingerprint density at radius 1 is 1.20 bits per heavy atom. The number of nitrogens with zero attached hydrogens (tertiary/aromatic N) is 1. The molecule has 0 radical (unpaired) electrons. The zero-order valence-corrected chi connectivity index (χ0v) is 12.2. The smallest absolute Gasteiger partial charge is 0.142 e. The molecule has 4 rings (SSSR count). The van der Waals surface area contributed by atoms with Gasteiger partial charge in [0.2, 0.25) is 0 Å². The van der Waals surface area contributed by atoms with Gasteiger partial charge < -0.3 is 11.1 Å². The Labute approximate surface area is 123 Å². The number of anilines is 2. The minimum Gasteiger partial charge on any atom is -0.383 e. The second-order valence-corrected chi connectivity index (χ2v) is 6.65. The molecule has 0 aliphatic heterocycles. The predicted molar refractivity (Wildman–Crippen MR) is 84.2 cm³/mol. The fraction of sp³-hybridized carbons (Fsp3) is 0.438. The molecule has 0 saturated heterocycles. The lowest BCUT2D eigenvalue weighted by Crippen LogP contribution is -2.17. The van der Waals surface area contributed by atoms with Crippen molar-refractivity contribution in [3.8, 4) is 0 Å². The first-order valence-corrected chi connectivity index (χ1v) is 8.19. The van der Waals surface area contributed by atoms with Crippen LogP contribution in [0.1, 0.15) is 54.3 Å². The lowest BCUT2D eigenvalue weighted by Gasteiger charge is -2.27. The van der Waals surface area contributed by atoms with Gasteiger partial charge in [-0.1, -0.05) is 24.3 Å². The Balaban J connectivity index is 1.64. The molecular weight excluding hydrogens is 266 g/mol. The quantitative estimate of drug-likeness (QED) is 0.893.